The first kappa shape index (κ1) is 25.5. The number of pyridine rings is 1. The van der Waals surface area contributed by atoms with E-state index in [0.717, 1.165) is 22.8 Å². The van der Waals surface area contributed by atoms with E-state index in [9.17, 15) is 0 Å². The summed E-state index contributed by atoms with van der Waals surface area (Å²) >= 11 is 0. The van der Waals surface area contributed by atoms with Crippen molar-refractivity contribution in [3.8, 4) is 0 Å². The van der Waals surface area contributed by atoms with E-state index in [1.54, 1.807) is 0 Å². The molecular weight excluding hydrogens is 352 g/mol. The molecule has 6 heteroatoms. The van der Waals surface area contributed by atoms with Crippen molar-refractivity contribution in [2.24, 2.45) is 9.98 Å². The number of aromatic nitrogens is 1. The molecule has 21 heavy (non-hydrogen) atoms. The molecular formula is C15H23Cl2CoN3. The Morgan fingerprint density at radius 1 is 0.857 bits per heavy atom. The van der Waals surface area contributed by atoms with Crippen LogP contribution in [0.3, 0.4) is 0 Å². The van der Waals surface area contributed by atoms with E-state index in [0.29, 0.717) is 12.1 Å². The molecule has 0 atom stereocenters. The molecule has 1 aromatic rings. The maximum atomic E-state index is 4.62. The average Bonchev–Trinajstić information content (AvgIpc) is 2.27. The van der Waals surface area contributed by atoms with Gasteiger partial charge in [0.1, 0.15) is 0 Å². The fourth-order valence-electron chi connectivity index (χ4n) is 1.74. The van der Waals surface area contributed by atoms with Gasteiger partial charge in [-0.1, -0.05) is 6.07 Å². The van der Waals surface area contributed by atoms with Crippen LogP contribution in [-0.2, 0) is 16.8 Å². The largest absolute Gasteiger partial charge is 2.00 e. The molecule has 121 valence electrons. The van der Waals surface area contributed by atoms with E-state index in [1.807, 2.05) is 32.0 Å². The van der Waals surface area contributed by atoms with Gasteiger partial charge >= 0.3 is 16.8 Å². The fourth-order valence-corrected chi connectivity index (χ4v) is 1.74. The van der Waals surface area contributed by atoms with Crippen LogP contribution >= 0.6 is 0 Å². The summed E-state index contributed by atoms with van der Waals surface area (Å²) in [7, 11) is 0. The smallest absolute Gasteiger partial charge is 1.00 e. The minimum Gasteiger partial charge on any atom is -1.00 e. The van der Waals surface area contributed by atoms with E-state index in [1.165, 1.54) is 0 Å². The Hall–Kier alpha value is -0.424. The quantitative estimate of drug-likeness (QED) is 0.538. The molecule has 0 amide bonds. The molecule has 0 aliphatic carbocycles. The van der Waals surface area contributed by atoms with Crippen molar-refractivity contribution in [3.63, 3.8) is 0 Å². The standard InChI is InChI=1S/C15H23N3.2ClH.Co/c1-10(2)16-12(5)14-8-7-9-15(18-14)13(6)17-11(3)4;;;/h7-11H,1-6H3;2*1H;/q;;;+2/p-2. The molecule has 0 bridgehead atoms. The normalized spacial score (nSPS) is 11.6. The second kappa shape index (κ2) is 12.2. The van der Waals surface area contributed by atoms with Crippen molar-refractivity contribution in [2.75, 3.05) is 0 Å². The van der Waals surface area contributed by atoms with E-state index in [2.05, 4.69) is 42.7 Å². The Morgan fingerprint density at radius 3 is 1.48 bits per heavy atom. The van der Waals surface area contributed by atoms with Gasteiger partial charge in [-0.3, -0.25) is 9.98 Å². The molecule has 0 saturated heterocycles. The van der Waals surface area contributed by atoms with Crippen LogP contribution in [0.2, 0.25) is 0 Å². The zero-order valence-corrected chi connectivity index (χ0v) is 15.9. The van der Waals surface area contributed by atoms with Crippen molar-refractivity contribution in [2.45, 2.75) is 53.6 Å². The summed E-state index contributed by atoms with van der Waals surface area (Å²) in [6, 6.07) is 6.58. The number of halogens is 2. The van der Waals surface area contributed by atoms with Crippen LogP contribution < -0.4 is 24.8 Å². The summed E-state index contributed by atoms with van der Waals surface area (Å²) in [4.78, 5) is 13.7. The number of rotatable bonds is 4. The van der Waals surface area contributed by atoms with E-state index >= 15 is 0 Å². The number of aliphatic imine (C=N–C) groups is 2. The van der Waals surface area contributed by atoms with Crippen LogP contribution in [0.4, 0.5) is 0 Å². The fraction of sp³-hybridized carbons (Fsp3) is 0.533. The van der Waals surface area contributed by atoms with Gasteiger partial charge in [-0.05, 0) is 53.7 Å². The molecule has 0 unspecified atom stereocenters. The van der Waals surface area contributed by atoms with Crippen molar-refractivity contribution in [1.82, 2.24) is 4.98 Å². The second-order valence-electron chi connectivity index (χ2n) is 5.02. The van der Waals surface area contributed by atoms with Crippen LogP contribution in [0, 0.1) is 0 Å². The third-order valence-electron chi connectivity index (χ3n) is 2.39. The Balaban J connectivity index is -0.00000108. The molecule has 0 aliphatic rings. The van der Waals surface area contributed by atoms with Gasteiger partial charge in [0.2, 0.25) is 0 Å². The third-order valence-corrected chi connectivity index (χ3v) is 2.39. The molecule has 1 heterocycles. The molecule has 0 spiro atoms. The molecule has 1 radical (unpaired) electrons. The number of nitrogens with zero attached hydrogens (tertiary/aromatic N) is 3. The minimum atomic E-state index is 0. The number of hydrogen-bond donors (Lipinski definition) is 0. The van der Waals surface area contributed by atoms with Crippen LogP contribution in [0.1, 0.15) is 52.9 Å². The zero-order valence-electron chi connectivity index (χ0n) is 13.3. The Morgan fingerprint density at radius 2 is 1.19 bits per heavy atom. The topological polar surface area (TPSA) is 37.6 Å². The van der Waals surface area contributed by atoms with Crippen molar-refractivity contribution < 1.29 is 41.6 Å². The average molecular weight is 375 g/mol. The predicted molar refractivity (Wildman–Crippen MR) is 78.9 cm³/mol. The van der Waals surface area contributed by atoms with Gasteiger partial charge in [-0.25, -0.2) is 4.98 Å². The third kappa shape index (κ3) is 9.25. The van der Waals surface area contributed by atoms with Gasteiger partial charge in [0.15, 0.2) is 0 Å². The summed E-state index contributed by atoms with van der Waals surface area (Å²) in [5.41, 5.74) is 3.81. The van der Waals surface area contributed by atoms with Crippen LogP contribution in [-0.4, -0.2) is 28.5 Å². The van der Waals surface area contributed by atoms with E-state index in [4.69, 9.17) is 0 Å². The zero-order chi connectivity index (χ0) is 13.7. The number of hydrogen-bond acceptors (Lipinski definition) is 3. The Labute approximate surface area is 151 Å². The first-order valence-electron chi connectivity index (χ1n) is 6.46. The molecule has 0 aliphatic heterocycles. The molecule has 0 fully saturated rings. The molecule has 3 nitrogen and oxygen atoms in total. The Bertz CT molecular complexity index is 432. The van der Waals surface area contributed by atoms with Gasteiger partial charge in [0.25, 0.3) is 0 Å². The summed E-state index contributed by atoms with van der Waals surface area (Å²) in [5.74, 6) is 0. The molecule has 0 aromatic carbocycles. The Kier molecular flexibility index (Phi) is 14.8. The van der Waals surface area contributed by atoms with Gasteiger partial charge in [-0.15, -0.1) is 0 Å². The summed E-state index contributed by atoms with van der Waals surface area (Å²) in [6.07, 6.45) is 0. The summed E-state index contributed by atoms with van der Waals surface area (Å²) in [6.45, 7) is 12.3. The SMILES string of the molecule is CC(=NC(C)C)c1cccc(C(C)=NC(C)C)n1.[Cl-].[Cl-].[Co+2]. The van der Waals surface area contributed by atoms with Crippen LogP contribution in [0.5, 0.6) is 0 Å². The van der Waals surface area contributed by atoms with Crippen LogP contribution in [0.15, 0.2) is 28.2 Å². The van der Waals surface area contributed by atoms with Gasteiger partial charge < -0.3 is 24.8 Å². The molecule has 0 N–H and O–H groups in total. The molecule has 1 rings (SSSR count). The summed E-state index contributed by atoms with van der Waals surface area (Å²) in [5, 5.41) is 0. The van der Waals surface area contributed by atoms with Crippen molar-refractivity contribution >= 4 is 11.4 Å². The van der Waals surface area contributed by atoms with E-state index < -0.39 is 0 Å². The van der Waals surface area contributed by atoms with Gasteiger partial charge in [-0.2, -0.15) is 0 Å². The first-order valence-corrected chi connectivity index (χ1v) is 6.46. The summed E-state index contributed by atoms with van der Waals surface area (Å²) < 4.78 is 0. The molecule has 0 saturated carbocycles. The van der Waals surface area contributed by atoms with Gasteiger partial charge in [0.05, 0.1) is 22.8 Å². The van der Waals surface area contributed by atoms with E-state index in [-0.39, 0.29) is 41.6 Å². The second-order valence-corrected chi connectivity index (χ2v) is 5.02. The monoisotopic (exact) mass is 374 g/mol. The van der Waals surface area contributed by atoms with Crippen LogP contribution in [0.25, 0.3) is 0 Å². The van der Waals surface area contributed by atoms with Crippen molar-refractivity contribution in [1.29, 1.82) is 0 Å². The molecule has 1 aromatic heterocycles. The predicted octanol–water partition coefficient (Wildman–Crippen LogP) is -2.48. The maximum Gasteiger partial charge on any atom is 2.00 e. The maximum absolute atomic E-state index is 4.62. The van der Waals surface area contributed by atoms with Crippen molar-refractivity contribution in [3.05, 3.63) is 29.6 Å². The van der Waals surface area contributed by atoms with Gasteiger partial charge in [0, 0.05) is 12.1 Å². The first-order chi connectivity index (χ1) is 8.40. The minimum absolute atomic E-state index is 0.